The average Bonchev–Trinajstić information content (AvgIpc) is 2.62. The summed E-state index contributed by atoms with van der Waals surface area (Å²) in [6.07, 6.45) is 4.98. The standard InChI is InChI=1S/C19H23N3O/c1-15-4-6-16(7-5-15)8-9-19(23)22-12-11-21-14-18(22)17-3-2-10-20-13-17/h2-7,10,13,18,21H,8-9,11-12,14H2,1H3. The summed E-state index contributed by atoms with van der Waals surface area (Å²) < 4.78 is 0. The Kier molecular flexibility index (Phi) is 5.03. The molecule has 4 nitrogen and oxygen atoms in total. The topological polar surface area (TPSA) is 45.2 Å². The number of carbonyl (C=O) groups excluding carboxylic acids is 1. The van der Waals surface area contributed by atoms with Gasteiger partial charge in [-0.25, -0.2) is 0 Å². The number of carbonyl (C=O) groups is 1. The highest BCUT2D eigenvalue weighted by Crippen LogP contribution is 2.22. The number of hydrogen-bond acceptors (Lipinski definition) is 3. The fourth-order valence-electron chi connectivity index (χ4n) is 3.02. The molecule has 0 radical (unpaired) electrons. The first kappa shape index (κ1) is 15.7. The fourth-order valence-corrected chi connectivity index (χ4v) is 3.02. The lowest BCUT2D eigenvalue weighted by molar-refractivity contribution is -0.134. The van der Waals surface area contributed by atoms with Crippen LogP contribution in [0.4, 0.5) is 0 Å². The van der Waals surface area contributed by atoms with Gasteiger partial charge in [-0.1, -0.05) is 35.9 Å². The molecule has 1 unspecified atom stereocenters. The third-order valence-corrected chi connectivity index (χ3v) is 4.38. The van der Waals surface area contributed by atoms with Crippen molar-refractivity contribution in [3.05, 3.63) is 65.5 Å². The number of aromatic nitrogens is 1. The highest BCUT2D eigenvalue weighted by molar-refractivity contribution is 5.77. The first-order valence-electron chi connectivity index (χ1n) is 8.20. The van der Waals surface area contributed by atoms with Gasteiger partial charge in [0.15, 0.2) is 0 Å². The minimum atomic E-state index is 0.0861. The van der Waals surface area contributed by atoms with Gasteiger partial charge >= 0.3 is 0 Å². The van der Waals surface area contributed by atoms with E-state index in [9.17, 15) is 4.79 Å². The lowest BCUT2D eigenvalue weighted by Gasteiger charge is -2.36. The molecule has 1 aliphatic rings. The minimum Gasteiger partial charge on any atom is -0.333 e. The maximum Gasteiger partial charge on any atom is 0.223 e. The van der Waals surface area contributed by atoms with E-state index in [1.165, 1.54) is 11.1 Å². The Morgan fingerprint density at radius 1 is 1.30 bits per heavy atom. The molecule has 0 bridgehead atoms. The van der Waals surface area contributed by atoms with Gasteiger partial charge in [0.2, 0.25) is 5.91 Å². The molecule has 4 heteroatoms. The van der Waals surface area contributed by atoms with Gasteiger partial charge in [0.25, 0.3) is 0 Å². The predicted octanol–water partition coefficient (Wildman–Crippen LogP) is 2.50. The van der Waals surface area contributed by atoms with Gasteiger partial charge in [0, 0.05) is 38.4 Å². The van der Waals surface area contributed by atoms with Crippen LogP contribution < -0.4 is 5.32 Å². The van der Waals surface area contributed by atoms with Crippen LogP contribution in [-0.2, 0) is 11.2 Å². The first-order chi connectivity index (χ1) is 11.2. The van der Waals surface area contributed by atoms with Gasteiger partial charge in [0.1, 0.15) is 0 Å². The van der Waals surface area contributed by atoms with Gasteiger partial charge in [-0.05, 0) is 30.5 Å². The van der Waals surface area contributed by atoms with Crippen molar-refractivity contribution in [1.29, 1.82) is 0 Å². The normalized spacial score (nSPS) is 18.0. The molecule has 0 aliphatic carbocycles. The third kappa shape index (κ3) is 3.96. The van der Waals surface area contributed by atoms with E-state index in [0.29, 0.717) is 6.42 Å². The largest absolute Gasteiger partial charge is 0.333 e. The Bertz CT molecular complexity index is 639. The van der Waals surface area contributed by atoms with Crippen molar-refractivity contribution in [2.24, 2.45) is 0 Å². The zero-order chi connectivity index (χ0) is 16.1. The zero-order valence-corrected chi connectivity index (χ0v) is 13.5. The van der Waals surface area contributed by atoms with E-state index in [0.717, 1.165) is 31.6 Å². The maximum absolute atomic E-state index is 12.7. The molecule has 1 saturated heterocycles. The summed E-state index contributed by atoms with van der Waals surface area (Å²) in [5, 5.41) is 3.38. The lowest BCUT2D eigenvalue weighted by atomic mass is 10.0. The van der Waals surface area contributed by atoms with Crippen molar-refractivity contribution in [2.75, 3.05) is 19.6 Å². The zero-order valence-electron chi connectivity index (χ0n) is 13.5. The fraction of sp³-hybridized carbons (Fsp3) is 0.368. The Hall–Kier alpha value is -2.20. The summed E-state index contributed by atoms with van der Waals surface area (Å²) in [5.74, 6) is 0.223. The van der Waals surface area contributed by atoms with Crippen molar-refractivity contribution in [2.45, 2.75) is 25.8 Å². The van der Waals surface area contributed by atoms with Gasteiger partial charge in [0.05, 0.1) is 6.04 Å². The molecule has 120 valence electrons. The first-order valence-corrected chi connectivity index (χ1v) is 8.20. The van der Waals surface area contributed by atoms with Crippen LogP contribution in [0.2, 0.25) is 0 Å². The molecule has 1 atom stereocenters. The predicted molar refractivity (Wildman–Crippen MR) is 91.1 cm³/mol. The van der Waals surface area contributed by atoms with Crippen molar-refractivity contribution in [3.8, 4) is 0 Å². The minimum absolute atomic E-state index is 0.0861. The number of hydrogen-bond donors (Lipinski definition) is 1. The second-order valence-corrected chi connectivity index (χ2v) is 6.08. The van der Waals surface area contributed by atoms with E-state index in [-0.39, 0.29) is 11.9 Å². The molecule has 1 aromatic carbocycles. The number of aryl methyl sites for hydroxylation is 2. The number of nitrogens with one attached hydrogen (secondary N) is 1. The Morgan fingerprint density at radius 2 is 2.13 bits per heavy atom. The molecule has 2 heterocycles. The Morgan fingerprint density at radius 3 is 2.87 bits per heavy atom. The second-order valence-electron chi connectivity index (χ2n) is 6.08. The van der Waals surface area contributed by atoms with Crippen LogP contribution in [-0.4, -0.2) is 35.4 Å². The van der Waals surface area contributed by atoms with Crippen LogP contribution in [0.1, 0.15) is 29.2 Å². The number of benzene rings is 1. The van der Waals surface area contributed by atoms with Gasteiger partial charge in [-0.2, -0.15) is 0 Å². The molecule has 23 heavy (non-hydrogen) atoms. The number of nitrogens with zero attached hydrogens (tertiary/aromatic N) is 2. The smallest absolute Gasteiger partial charge is 0.223 e. The molecular weight excluding hydrogens is 286 g/mol. The molecule has 1 amide bonds. The van der Waals surface area contributed by atoms with Crippen LogP contribution in [0.15, 0.2) is 48.8 Å². The quantitative estimate of drug-likeness (QED) is 0.944. The van der Waals surface area contributed by atoms with Crippen molar-refractivity contribution in [1.82, 2.24) is 15.2 Å². The van der Waals surface area contributed by atoms with E-state index in [4.69, 9.17) is 0 Å². The van der Waals surface area contributed by atoms with E-state index < -0.39 is 0 Å². The molecular formula is C19H23N3O. The summed E-state index contributed by atoms with van der Waals surface area (Å²) in [7, 11) is 0. The number of amides is 1. The van der Waals surface area contributed by atoms with Crippen LogP contribution in [0.3, 0.4) is 0 Å². The van der Waals surface area contributed by atoms with Crippen LogP contribution in [0, 0.1) is 6.92 Å². The van der Waals surface area contributed by atoms with Gasteiger partial charge in [-0.15, -0.1) is 0 Å². The lowest BCUT2D eigenvalue weighted by Crippen LogP contribution is -2.48. The van der Waals surface area contributed by atoms with Crippen LogP contribution in [0.25, 0.3) is 0 Å². The Labute approximate surface area is 137 Å². The van der Waals surface area contributed by atoms with E-state index >= 15 is 0 Å². The number of pyridine rings is 1. The van der Waals surface area contributed by atoms with Crippen molar-refractivity contribution in [3.63, 3.8) is 0 Å². The molecule has 1 fully saturated rings. The molecule has 0 spiro atoms. The third-order valence-electron chi connectivity index (χ3n) is 4.38. The van der Waals surface area contributed by atoms with Crippen LogP contribution in [0.5, 0.6) is 0 Å². The molecule has 0 saturated carbocycles. The molecule has 1 N–H and O–H groups in total. The van der Waals surface area contributed by atoms with Crippen molar-refractivity contribution < 1.29 is 4.79 Å². The summed E-state index contributed by atoms with van der Waals surface area (Å²) in [6.45, 7) is 4.48. The number of piperazine rings is 1. The van der Waals surface area contributed by atoms with E-state index in [2.05, 4.69) is 41.5 Å². The monoisotopic (exact) mass is 309 g/mol. The van der Waals surface area contributed by atoms with E-state index in [1.54, 1.807) is 6.20 Å². The Balaban J connectivity index is 1.65. The molecule has 2 aromatic rings. The average molecular weight is 309 g/mol. The van der Waals surface area contributed by atoms with Gasteiger partial charge in [-0.3, -0.25) is 9.78 Å². The molecule has 1 aromatic heterocycles. The highest BCUT2D eigenvalue weighted by Gasteiger charge is 2.27. The summed E-state index contributed by atoms with van der Waals surface area (Å²) in [5.41, 5.74) is 3.57. The van der Waals surface area contributed by atoms with Crippen molar-refractivity contribution >= 4 is 5.91 Å². The van der Waals surface area contributed by atoms with Crippen LogP contribution >= 0.6 is 0 Å². The van der Waals surface area contributed by atoms with E-state index in [1.807, 2.05) is 23.2 Å². The SMILES string of the molecule is Cc1ccc(CCC(=O)N2CCNCC2c2cccnc2)cc1. The highest BCUT2D eigenvalue weighted by atomic mass is 16.2. The second kappa shape index (κ2) is 7.38. The maximum atomic E-state index is 12.7. The molecule has 1 aliphatic heterocycles. The summed E-state index contributed by atoms with van der Waals surface area (Å²) in [4.78, 5) is 18.9. The molecule has 3 rings (SSSR count). The van der Waals surface area contributed by atoms with Gasteiger partial charge < -0.3 is 10.2 Å². The summed E-state index contributed by atoms with van der Waals surface area (Å²) in [6, 6.07) is 12.5. The number of rotatable bonds is 4. The summed E-state index contributed by atoms with van der Waals surface area (Å²) >= 11 is 0.